The fourth-order valence-corrected chi connectivity index (χ4v) is 3.20. The molecular weight excluding hydrogens is 382 g/mol. The highest BCUT2D eigenvalue weighted by Gasteiger charge is 2.44. The highest BCUT2D eigenvalue weighted by atomic mass is 16.5. The summed E-state index contributed by atoms with van der Waals surface area (Å²) < 4.78 is 15.5. The number of carbonyl (C=O) groups is 2. The Balaban J connectivity index is 2.02. The van der Waals surface area contributed by atoms with E-state index in [1.54, 1.807) is 0 Å². The molecule has 9 nitrogen and oxygen atoms in total. The zero-order valence-corrected chi connectivity index (χ0v) is 15.7. The van der Waals surface area contributed by atoms with Gasteiger partial charge in [0.05, 0.1) is 44.8 Å². The molecule has 3 N–H and O–H groups in total. The fourth-order valence-electron chi connectivity index (χ4n) is 3.20. The molecule has 2 heterocycles. The van der Waals surface area contributed by atoms with Gasteiger partial charge >= 0.3 is 0 Å². The van der Waals surface area contributed by atoms with E-state index in [9.17, 15) is 19.8 Å². The van der Waals surface area contributed by atoms with Crippen molar-refractivity contribution in [1.29, 1.82) is 0 Å². The van der Waals surface area contributed by atoms with E-state index in [1.807, 2.05) is 0 Å². The Morgan fingerprint density at radius 3 is 2.69 bits per heavy atom. The summed E-state index contributed by atoms with van der Waals surface area (Å²) in [4.78, 5) is 27.0. The molecule has 0 bridgehead atoms. The zero-order chi connectivity index (χ0) is 21.0. The molecule has 0 unspecified atom stereocenters. The quantitative estimate of drug-likeness (QED) is 0.425. The Bertz CT molecular complexity index is 919. The summed E-state index contributed by atoms with van der Waals surface area (Å²) in [5.41, 5.74) is 0.314. The van der Waals surface area contributed by atoms with Crippen LogP contribution in [-0.4, -0.2) is 65.4 Å². The summed E-state index contributed by atoms with van der Waals surface area (Å²) in [7, 11) is 1.38. The summed E-state index contributed by atoms with van der Waals surface area (Å²) in [6.07, 6.45) is 1.32. The van der Waals surface area contributed by atoms with Crippen LogP contribution in [0.5, 0.6) is 11.5 Å². The molecule has 1 aliphatic rings. The maximum Gasteiger partial charge on any atom is 0.290 e. The maximum absolute atomic E-state index is 13.0. The third-order valence-corrected chi connectivity index (χ3v) is 4.52. The second-order valence-electron chi connectivity index (χ2n) is 6.24. The molecule has 1 aliphatic heterocycles. The van der Waals surface area contributed by atoms with Crippen LogP contribution >= 0.6 is 0 Å². The number of amides is 1. The number of phenolic OH excluding ortho intramolecular Hbond substituents is 1. The number of nitrogens with zero attached hydrogens (tertiary/aromatic N) is 1. The zero-order valence-electron chi connectivity index (χ0n) is 15.7. The monoisotopic (exact) mass is 403 g/mol. The standard InChI is InChI=1S/C20H21NO8/c1-27-15-11-12(4-5-13(15)23)17-16(18(24)14-3-2-8-29-14)19(25)20(26)21(17)6-9-28-10-7-22/h2-5,8,11,17,22-23,25H,6-7,9-10H2,1H3/t17-/m0/s1. The summed E-state index contributed by atoms with van der Waals surface area (Å²) in [6, 6.07) is 6.43. The topological polar surface area (TPSA) is 130 Å². The molecule has 154 valence electrons. The van der Waals surface area contributed by atoms with E-state index in [4.69, 9.17) is 19.0 Å². The van der Waals surface area contributed by atoms with Gasteiger partial charge in [0.15, 0.2) is 23.0 Å². The minimum absolute atomic E-state index is 0.0199. The lowest BCUT2D eigenvalue weighted by atomic mass is 9.94. The number of hydrogen-bond acceptors (Lipinski definition) is 8. The number of Topliss-reactive ketones (excluding diaryl/α,β-unsaturated/α-hetero) is 1. The number of methoxy groups -OCH3 is 1. The van der Waals surface area contributed by atoms with E-state index in [0.29, 0.717) is 5.56 Å². The SMILES string of the molecule is COc1cc([C@H]2C(C(=O)c3ccco3)=C(O)C(=O)N2CCOCCO)ccc1O. The first-order valence-electron chi connectivity index (χ1n) is 8.87. The number of phenols is 1. The lowest BCUT2D eigenvalue weighted by Crippen LogP contribution is -2.34. The van der Waals surface area contributed by atoms with Crippen LogP contribution in [0.3, 0.4) is 0 Å². The Labute approximate surface area is 166 Å². The van der Waals surface area contributed by atoms with E-state index in [0.717, 1.165) is 0 Å². The van der Waals surface area contributed by atoms with Gasteiger partial charge in [-0.15, -0.1) is 0 Å². The highest BCUT2D eigenvalue weighted by Crippen LogP contribution is 2.41. The summed E-state index contributed by atoms with van der Waals surface area (Å²) in [6.45, 7) is 0.0782. The molecule has 9 heteroatoms. The number of aromatic hydroxyl groups is 1. The van der Waals surface area contributed by atoms with Crippen molar-refractivity contribution >= 4 is 11.7 Å². The van der Waals surface area contributed by atoms with E-state index in [1.165, 1.54) is 48.6 Å². The van der Waals surface area contributed by atoms with Gasteiger partial charge in [-0.1, -0.05) is 6.07 Å². The lowest BCUT2D eigenvalue weighted by Gasteiger charge is -2.27. The molecule has 0 saturated heterocycles. The molecule has 1 amide bonds. The van der Waals surface area contributed by atoms with Crippen molar-refractivity contribution < 1.29 is 38.8 Å². The lowest BCUT2D eigenvalue weighted by molar-refractivity contribution is -0.130. The minimum Gasteiger partial charge on any atom is -0.504 e. The van der Waals surface area contributed by atoms with E-state index >= 15 is 0 Å². The minimum atomic E-state index is -0.938. The third kappa shape index (κ3) is 3.96. The molecule has 0 aliphatic carbocycles. The number of benzene rings is 1. The second kappa shape index (κ2) is 8.80. The molecule has 29 heavy (non-hydrogen) atoms. The van der Waals surface area contributed by atoms with Crippen molar-refractivity contribution in [2.75, 3.05) is 33.5 Å². The van der Waals surface area contributed by atoms with Crippen molar-refractivity contribution in [3.63, 3.8) is 0 Å². The summed E-state index contributed by atoms with van der Waals surface area (Å²) in [5, 5.41) is 29.2. The van der Waals surface area contributed by atoms with Crippen molar-refractivity contribution in [2.45, 2.75) is 6.04 Å². The predicted octanol–water partition coefficient (Wildman–Crippen LogP) is 1.58. The van der Waals surface area contributed by atoms with Crippen LogP contribution in [0.2, 0.25) is 0 Å². The first-order valence-corrected chi connectivity index (χ1v) is 8.87. The molecule has 1 aromatic carbocycles. The van der Waals surface area contributed by atoms with Gasteiger partial charge in [-0.3, -0.25) is 9.59 Å². The van der Waals surface area contributed by atoms with Crippen LogP contribution in [0.4, 0.5) is 0 Å². The van der Waals surface area contributed by atoms with E-state index in [2.05, 4.69) is 0 Å². The summed E-state index contributed by atoms with van der Waals surface area (Å²) >= 11 is 0. The van der Waals surface area contributed by atoms with Gasteiger partial charge in [0, 0.05) is 6.54 Å². The number of aliphatic hydroxyl groups excluding tert-OH is 2. The van der Waals surface area contributed by atoms with Crippen LogP contribution in [0.25, 0.3) is 0 Å². The summed E-state index contributed by atoms with van der Waals surface area (Å²) in [5.74, 6) is -2.01. The van der Waals surface area contributed by atoms with Crippen molar-refractivity contribution in [3.8, 4) is 11.5 Å². The second-order valence-corrected chi connectivity index (χ2v) is 6.24. The number of furan rings is 1. The van der Waals surface area contributed by atoms with Gasteiger partial charge in [0.25, 0.3) is 5.91 Å². The Kier molecular flexibility index (Phi) is 6.20. The molecule has 3 rings (SSSR count). The van der Waals surface area contributed by atoms with Crippen molar-refractivity contribution in [1.82, 2.24) is 4.90 Å². The average molecular weight is 403 g/mol. The van der Waals surface area contributed by atoms with Gasteiger partial charge in [-0.25, -0.2) is 0 Å². The first kappa shape index (κ1) is 20.4. The molecule has 2 aromatic rings. The van der Waals surface area contributed by atoms with Crippen LogP contribution in [0.1, 0.15) is 22.2 Å². The Morgan fingerprint density at radius 2 is 2.03 bits per heavy atom. The average Bonchev–Trinajstić information content (AvgIpc) is 3.34. The normalized spacial score (nSPS) is 16.6. The van der Waals surface area contributed by atoms with Crippen molar-refractivity contribution in [3.05, 3.63) is 59.3 Å². The number of ketones is 1. The first-order chi connectivity index (χ1) is 14.0. The van der Waals surface area contributed by atoms with Crippen LogP contribution < -0.4 is 4.74 Å². The highest BCUT2D eigenvalue weighted by molar-refractivity contribution is 6.15. The number of ether oxygens (including phenoxy) is 2. The number of aliphatic hydroxyl groups is 2. The number of carbonyl (C=O) groups excluding carboxylic acids is 2. The smallest absolute Gasteiger partial charge is 0.290 e. The Hall–Kier alpha value is -3.30. The third-order valence-electron chi connectivity index (χ3n) is 4.52. The van der Waals surface area contributed by atoms with Gasteiger partial charge in [-0.2, -0.15) is 0 Å². The largest absolute Gasteiger partial charge is 0.504 e. The van der Waals surface area contributed by atoms with Gasteiger partial charge in [0.1, 0.15) is 0 Å². The molecular formula is C20H21NO8. The predicted molar refractivity (Wildman–Crippen MR) is 99.7 cm³/mol. The molecule has 0 radical (unpaired) electrons. The molecule has 1 atom stereocenters. The molecule has 1 aromatic heterocycles. The van der Waals surface area contributed by atoms with Gasteiger partial charge < -0.3 is 34.1 Å². The molecule has 0 spiro atoms. The molecule has 0 saturated carbocycles. The van der Waals surface area contributed by atoms with Crippen molar-refractivity contribution in [2.24, 2.45) is 0 Å². The molecule has 0 fully saturated rings. The van der Waals surface area contributed by atoms with Gasteiger partial charge in [-0.05, 0) is 29.8 Å². The maximum atomic E-state index is 13.0. The van der Waals surface area contributed by atoms with Crippen LogP contribution in [0, 0.1) is 0 Å². The number of rotatable bonds is 9. The van der Waals surface area contributed by atoms with E-state index in [-0.39, 0.29) is 49.2 Å². The Morgan fingerprint density at radius 1 is 1.24 bits per heavy atom. The number of hydrogen-bond donors (Lipinski definition) is 3. The van der Waals surface area contributed by atoms with Gasteiger partial charge in [0.2, 0.25) is 5.78 Å². The van der Waals surface area contributed by atoms with Crippen LogP contribution in [0.15, 0.2) is 52.3 Å². The fraction of sp³-hybridized carbons (Fsp3) is 0.300. The van der Waals surface area contributed by atoms with E-state index < -0.39 is 23.5 Å². The van der Waals surface area contributed by atoms with Crippen LogP contribution in [-0.2, 0) is 9.53 Å².